The van der Waals surface area contributed by atoms with E-state index in [-0.39, 0.29) is 11.6 Å². The van der Waals surface area contributed by atoms with E-state index in [0.717, 1.165) is 11.1 Å². The molecule has 0 fully saturated rings. The summed E-state index contributed by atoms with van der Waals surface area (Å²) in [4.78, 5) is 12.6. The van der Waals surface area contributed by atoms with E-state index in [1.807, 2.05) is 19.9 Å². The van der Waals surface area contributed by atoms with Crippen molar-refractivity contribution in [3.63, 3.8) is 0 Å². The molecule has 0 saturated carbocycles. The van der Waals surface area contributed by atoms with Crippen molar-refractivity contribution in [1.82, 2.24) is 0 Å². The molecule has 2 aromatic carbocycles. The van der Waals surface area contributed by atoms with Gasteiger partial charge >= 0.3 is 0 Å². The number of hydrogen-bond donors (Lipinski definition) is 0. The average Bonchev–Trinajstić information content (AvgIpc) is 2.41. The molecule has 0 heterocycles. The number of methoxy groups -OCH3 is 1. The zero-order chi connectivity index (χ0) is 14.9. The van der Waals surface area contributed by atoms with Gasteiger partial charge in [-0.25, -0.2) is 4.39 Å². The summed E-state index contributed by atoms with van der Waals surface area (Å²) in [5.74, 6) is 0.0901. The number of carbonyl (C=O) groups excluding carboxylic acids is 1. The van der Waals surface area contributed by atoms with Crippen LogP contribution in [0.1, 0.15) is 32.6 Å². The van der Waals surface area contributed by atoms with Crippen molar-refractivity contribution in [3.05, 3.63) is 64.0 Å². The van der Waals surface area contributed by atoms with Crippen molar-refractivity contribution in [3.8, 4) is 5.75 Å². The Morgan fingerprint density at radius 1 is 1.00 bits per heavy atom. The van der Waals surface area contributed by atoms with Crippen LogP contribution in [-0.2, 0) is 0 Å². The van der Waals surface area contributed by atoms with Crippen LogP contribution < -0.4 is 4.74 Å². The van der Waals surface area contributed by atoms with Crippen LogP contribution in [0.5, 0.6) is 5.75 Å². The SMILES string of the molecule is COc1c(C(=O)c2ccc(F)cc2C)ccc(C)c1C. The smallest absolute Gasteiger partial charge is 0.197 e. The fourth-order valence-corrected chi connectivity index (χ4v) is 2.26. The van der Waals surface area contributed by atoms with E-state index in [0.29, 0.717) is 22.4 Å². The summed E-state index contributed by atoms with van der Waals surface area (Å²) in [6.45, 7) is 5.61. The largest absolute Gasteiger partial charge is 0.496 e. The van der Waals surface area contributed by atoms with E-state index in [1.165, 1.54) is 18.2 Å². The Hall–Kier alpha value is -2.16. The molecule has 0 aliphatic rings. The molecule has 0 aromatic heterocycles. The molecule has 0 aliphatic carbocycles. The maximum Gasteiger partial charge on any atom is 0.197 e. The fraction of sp³-hybridized carbons (Fsp3) is 0.235. The zero-order valence-electron chi connectivity index (χ0n) is 12.1. The summed E-state index contributed by atoms with van der Waals surface area (Å²) >= 11 is 0. The third-order valence-electron chi connectivity index (χ3n) is 3.56. The molecule has 2 aromatic rings. The molecule has 20 heavy (non-hydrogen) atoms. The van der Waals surface area contributed by atoms with Gasteiger partial charge in [0.25, 0.3) is 0 Å². The summed E-state index contributed by atoms with van der Waals surface area (Å²) in [7, 11) is 1.55. The highest BCUT2D eigenvalue weighted by Gasteiger charge is 2.18. The van der Waals surface area contributed by atoms with Crippen molar-refractivity contribution < 1.29 is 13.9 Å². The number of benzene rings is 2. The summed E-state index contributed by atoms with van der Waals surface area (Å²) < 4.78 is 18.5. The number of hydrogen-bond acceptors (Lipinski definition) is 2. The van der Waals surface area contributed by atoms with Crippen molar-refractivity contribution in [1.29, 1.82) is 0 Å². The third kappa shape index (κ3) is 2.44. The van der Waals surface area contributed by atoms with Crippen molar-refractivity contribution >= 4 is 5.78 Å². The first kappa shape index (κ1) is 14.3. The Morgan fingerprint density at radius 3 is 2.25 bits per heavy atom. The third-order valence-corrected chi connectivity index (χ3v) is 3.56. The molecule has 2 rings (SSSR count). The molecule has 0 spiro atoms. The Kier molecular flexibility index (Phi) is 3.89. The molecule has 0 radical (unpaired) electrons. The predicted octanol–water partition coefficient (Wildman–Crippen LogP) is 3.99. The highest BCUT2D eigenvalue weighted by molar-refractivity contribution is 6.11. The summed E-state index contributed by atoms with van der Waals surface area (Å²) in [6.07, 6.45) is 0. The van der Waals surface area contributed by atoms with E-state index in [1.54, 1.807) is 20.1 Å². The zero-order valence-corrected chi connectivity index (χ0v) is 12.1. The van der Waals surface area contributed by atoms with Crippen LogP contribution in [0.2, 0.25) is 0 Å². The standard InChI is InChI=1S/C17H17FO2/c1-10-5-7-15(17(20-4)12(10)3)16(19)14-8-6-13(18)9-11(14)2/h5-9H,1-4H3. The molecular weight excluding hydrogens is 255 g/mol. The van der Waals surface area contributed by atoms with Crippen LogP contribution in [-0.4, -0.2) is 12.9 Å². The normalized spacial score (nSPS) is 10.4. The molecule has 0 aliphatic heterocycles. The molecule has 3 heteroatoms. The van der Waals surface area contributed by atoms with E-state index in [4.69, 9.17) is 4.74 Å². The molecule has 0 bridgehead atoms. The average molecular weight is 272 g/mol. The lowest BCUT2D eigenvalue weighted by Gasteiger charge is -2.13. The van der Waals surface area contributed by atoms with Crippen LogP contribution in [0.15, 0.2) is 30.3 Å². The molecule has 0 amide bonds. The monoisotopic (exact) mass is 272 g/mol. The lowest BCUT2D eigenvalue weighted by Crippen LogP contribution is -2.07. The number of ketones is 1. The lowest BCUT2D eigenvalue weighted by molar-refractivity contribution is 0.103. The van der Waals surface area contributed by atoms with Gasteiger partial charge in [0, 0.05) is 5.56 Å². The minimum atomic E-state index is -0.342. The molecule has 0 N–H and O–H groups in total. The topological polar surface area (TPSA) is 26.3 Å². The first-order valence-corrected chi connectivity index (χ1v) is 6.40. The molecule has 0 unspecified atom stereocenters. The second kappa shape index (κ2) is 5.45. The fourth-order valence-electron chi connectivity index (χ4n) is 2.26. The Labute approximate surface area is 118 Å². The van der Waals surface area contributed by atoms with Crippen LogP contribution in [0.3, 0.4) is 0 Å². The highest BCUT2D eigenvalue weighted by atomic mass is 19.1. The number of carbonyl (C=O) groups is 1. The maximum absolute atomic E-state index is 13.1. The lowest BCUT2D eigenvalue weighted by atomic mass is 9.95. The second-order valence-electron chi connectivity index (χ2n) is 4.88. The predicted molar refractivity (Wildman–Crippen MR) is 77.0 cm³/mol. The van der Waals surface area contributed by atoms with Gasteiger partial charge in [0.15, 0.2) is 5.78 Å². The second-order valence-corrected chi connectivity index (χ2v) is 4.88. The van der Waals surface area contributed by atoms with Gasteiger partial charge < -0.3 is 4.74 Å². The van der Waals surface area contributed by atoms with Crippen LogP contribution >= 0.6 is 0 Å². The molecular formula is C17H17FO2. The quantitative estimate of drug-likeness (QED) is 0.790. The maximum atomic E-state index is 13.1. The van der Waals surface area contributed by atoms with Crippen molar-refractivity contribution in [2.24, 2.45) is 0 Å². The minimum absolute atomic E-state index is 0.151. The Morgan fingerprint density at radius 2 is 1.65 bits per heavy atom. The number of rotatable bonds is 3. The summed E-state index contributed by atoms with van der Waals surface area (Å²) in [5.41, 5.74) is 3.63. The van der Waals surface area contributed by atoms with E-state index < -0.39 is 0 Å². The van der Waals surface area contributed by atoms with Gasteiger partial charge in [-0.2, -0.15) is 0 Å². The molecule has 104 valence electrons. The minimum Gasteiger partial charge on any atom is -0.496 e. The Bertz CT molecular complexity index is 675. The van der Waals surface area contributed by atoms with E-state index in [2.05, 4.69) is 0 Å². The van der Waals surface area contributed by atoms with Gasteiger partial charge in [-0.3, -0.25) is 4.79 Å². The van der Waals surface area contributed by atoms with Gasteiger partial charge in [0.2, 0.25) is 0 Å². The number of aryl methyl sites for hydroxylation is 2. The van der Waals surface area contributed by atoms with Gasteiger partial charge in [0.05, 0.1) is 12.7 Å². The number of halogens is 1. The van der Waals surface area contributed by atoms with Crippen molar-refractivity contribution in [2.75, 3.05) is 7.11 Å². The van der Waals surface area contributed by atoms with Gasteiger partial charge in [-0.15, -0.1) is 0 Å². The molecule has 2 nitrogen and oxygen atoms in total. The first-order chi connectivity index (χ1) is 9.45. The van der Waals surface area contributed by atoms with E-state index in [9.17, 15) is 9.18 Å². The summed E-state index contributed by atoms with van der Waals surface area (Å²) in [6, 6.07) is 7.83. The number of ether oxygens (including phenoxy) is 1. The highest BCUT2D eigenvalue weighted by Crippen LogP contribution is 2.29. The van der Waals surface area contributed by atoms with Gasteiger partial charge in [0.1, 0.15) is 11.6 Å². The molecule has 0 saturated heterocycles. The van der Waals surface area contributed by atoms with E-state index >= 15 is 0 Å². The van der Waals surface area contributed by atoms with Gasteiger partial charge in [-0.1, -0.05) is 6.07 Å². The first-order valence-electron chi connectivity index (χ1n) is 6.40. The van der Waals surface area contributed by atoms with Crippen LogP contribution in [0.25, 0.3) is 0 Å². The summed E-state index contributed by atoms with van der Waals surface area (Å²) in [5, 5.41) is 0. The van der Waals surface area contributed by atoms with Gasteiger partial charge in [-0.05, 0) is 61.7 Å². The van der Waals surface area contributed by atoms with Crippen LogP contribution in [0, 0.1) is 26.6 Å². The molecule has 0 atom stereocenters. The van der Waals surface area contributed by atoms with Crippen LogP contribution in [0.4, 0.5) is 4.39 Å². The van der Waals surface area contributed by atoms with Crippen molar-refractivity contribution in [2.45, 2.75) is 20.8 Å². The Balaban J connectivity index is 2.56.